The largest absolute Gasteiger partial charge is 0.372 e. The minimum Gasteiger partial charge on any atom is -0.372 e. The number of aromatic amines is 1. The van der Waals surface area contributed by atoms with Crippen LogP contribution in [0.5, 0.6) is 0 Å². The fourth-order valence-electron chi connectivity index (χ4n) is 8.72. The summed E-state index contributed by atoms with van der Waals surface area (Å²) in [6.07, 6.45) is 6.08. The van der Waals surface area contributed by atoms with Crippen LogP contribution in [0.1, 0.15) is 80.6 Å². The highest BCUT2D eigenvalue weighted by Crippen LogP contribution is 2.31. The van der Waals surface area contributed by atoms with Crippen LogP contribution < -0.4 is 25.3 Å². The summed E-state index contributed by atoms with van der Waals surface area (Å²) in [5.74, 6) is 1.06. The molecule has 4 amide bonds. The number of nitrogens with zero attached hydrogens (tertiary/aromatic N) is 10. The predicted octanol–water partition coefficient (Wildman–Crippen LogP) is 6.05. The predicted molar refractivity (Wildman–Crippen MR) is 240 cm³/mol. The Balaban J connectivity index is 0.768. The summed E-state index contributed by atoms with van der Waals surface area (Å²) in [5.41, 5.74) is 8.26. The summed E-state index contributed by atoms with van der Waals surface area (Å²) < 4.78 is 5.24. The lowest BCUT2D eigenvalue weighted by molar-refractivity contribution is -0.120. The second-order valence-electron chi connectivity index (χ2n) is 17.8. The van der Waals surface area contributed by atoms with Gasteiger partial charge in [0.15, 0.2) is 17.3 Å². The second kappa shape index (κ2) is 17.2. The van der Waals surface area contributed by atoms with Gasteiger partial charge in [-0.15, -0.1) is 0 Å². The molecule has 0 unspecified atom stereocenters. The van der Waals surface area contributed by atoms with Gasteiger partial charge in [-0.2, -0.15) is 4.98 Å². The summed E-state index contributed by atoms with van der Waals surface area (Å²) in [7, 11) is 0. The minimum absolute atomic E-state index is 0.0588. The number of hydrogen-bond donors (Lipinski definition) is 3. The fraction of sp³-hybridized carbons (Fsp3) is 0.413. The number of rotatable bonds is 10. The first-order chi connectivity index (χ1) is 30.4. The number of aromatic nitrogens is 7. The van der Waals surface area contributed by atoms with Crippen molar-refractivity contribution in [1.29, 1.82) is 0 Å². The van der Waals surface area contributed by atoms with Crippen LogP contribution in [-0.2, 0) is 10.2 Å². The highest BCUT2D eigenvalue weighted by atomic mass is 16.5. The van der Waals surface area contributed by atoms with E-state index in [0.29, 0.717) is 47.4 Å². The van der Waals surface area contributed by atoms with Gasteiger partial charge in [0.05, 0.1) is 17.9 Å². The minimum atomic E-state index is -0.422. The lowest BCUT2D eigenvalue weighted by atomic mass is 9.95. The van der Waals surface area contributed by atoms with Crippen LogP contribution >= 0.6 is 0 Å². The van der Waals surface area contributed by atoms with E-state index in [1.54, 1.807) is 4.90 Å². The molecule has 3 aliphatic rings. The fourth-order valence-corrected chi connectivity index (χ4v) is 8.72. The Bertz CT molecular complexity index is 2620. The molecule has 0 aliphatic carbocycles. The molecule has 0 bridgehead atoms. The van der Waals surface area contributed by atoms with E-state index in [-0.39, 0.29) is 29.3 Å². The molecule has 9 rings (SSSR count). The molecular weight excluding hydrogens is 799 g/mol. The topological polar surface area (TPSA) is 194 Å². The molecule has 0 saturated carbocycles. The second-order valence-corrected chi connectivity index (χ2v) is 17.8. The average molecular weight is 852 g/mol. The van der Waals surface area contributed by atoms with E-state index in [4.69, 9.17) is 14.5 Å². The Morgan fingerprint density at radius 1 is 0.873 bits per heavy atom. The van der Waals surface area contributed by atoms with Gasteiger partial charge in [-0.25, -0.2) is 19.7 Å². The molecule has 7 heterocycles. The number of pyridine rings is 1. The van der Waals surface area contributed by atoms with E-state index in [0.717, 1.165) is 92.4 Å². The summed E-state index contributed by atoms with van der Waals surface area (Å²) in [4.78, 5) is 72.2. The van der Waals surface area contributed by atoms with Gasteiger partial charge in [0, 0.05) is 81.1 Å². The summed E-state index contributed by atoms with van der Waals surface area (Å²) >= 11 is 0. The third kappa shape index (κ3) is 8.96. The number of benzene rings is 2. The maximum atomic E-state index is 12.9. The third-order valence-corrected chi connectivity index (χ3v) is 12.4. The molecule has 0 radical (unpaired) electrons. The lowest BCUT2D eigenvalue weighted by Crippen LogP contribution is -2.49. The molecule has 3 aliphatic heterocycles. The number of aryl methyl sites for hydroxylation is 1. The van der Waals surface area contributed by atoms with Crippen molar-refractivity contribution in [3.63, 3.8) is 0 Å². The summed E-state index contributed by atoms with van der Waals surface area (Å²) in [6.45, 7) is 17.3. The number of urea groups is 1. The molecule has 326 valence electrons. The van der Waals surface area contributed by atoms with E-state index in [9.17, 15) is 14.4 Å². The lowest BCUT2D eigenvalue weighted by Gasteiger charge is -2.40. The SMILES string of the molecule is Cc1cc(-c2ncnc3[nH]c(-c4ccc(N5CCN(CC6CCN(c7ccc(N8CCC(=O)NC8=O)cc7)CC6)CC5)cn4)nc23)ccc1[C@@H](C)NC(=O)c1nc(C(C)(C)C)no1. The number of piperazine rings is 1. The maximum absolute atomic E-state index is 12.9. The van der Waals surface area contributed by atoms with Crippen LogP contribution in [0.2, 0.25) is 0 Å². The molecule has 3 N–H and O–H groups in total. The monoisotopic (exact) mass is 851 g/mol. The molecular formula is C46H53N13O4. The molecule has 3 saturated heterocycles. The van der Waals surface area contributed by atoms with Gasteiger partial charge in [0.2, 0.25) is 5.91 Å². The van der Waals surface area contributed by atoms with Gasteiger partial charge in [0.1, 0.15) is 23.2 Å². The third-order valence-electron chi connectivity index (χ3n) is 12.4. The Morgan fingerprint density at radius 2 is 1.60 bits per heavy atom. The zero-order chi connectivity index (χ0) is 43.8. The van der Waals surface area contributed by atoms with Crippen molar-refractivity contribution in [2.45, 2.75) is 65.3 Å². The van der Waals surface area contributed by atoms with Crippen LogP contribution in [0.3, 0.4) is 0 Å². The molecule has 4 aromatic heterocycles. The molecule has 3 fully saturated rings. The first kappa shape index (κ1) is 41.6. The van der Waals surface area contributed by atoms with Crippen molar-refractivity contribution >= 4 is 46.1 Å². The van der Waals surface area contributed by atoms with E-state index in [2.05, 4.69) is 68.6 Å². The van der Waals surface area contributed by atoms with Crippen LogP contribution in [0.25, 0.3) is 33.9 Å². The number of anilines is 3. The zero-order valence-electron chi connectivity index (χ0n) is 36.4. The number of nitrogens with one attached hydrogen (secondary N) is 3. The Labute approximate surface area is 365 Å². The van der Waals surface area contributed by atoms with Crippen LogP contribution in [0.15, 0.2) is 71.6 Å². The first-order valence-electron chi connectivity index (χ1n) is 21.7. The Morgan fingerprint density at radius 3 is 2.29 bits per heavy atom. The van der Waals surface area contributed by atoms with Crippen molar-refractivity contribution in [3.8, 4) is 22.8 Å². The van der Waals surface area contributed by atoms with Crippen molar-refractivity contribution in [1.82, 2.24) is 50.6 Å². The maximum Gasteiger partial charge on any atom is 0.328 e. The number of fused-ring (bicyclic) bond motifs is 1. The summed E-state index contributed by atoms with van der Waals surface area (Å²) in [5, 5.41) is 9.34. The van der Waals surface area contributed by atoms with Crippen molar-refractivity contribution in [2.24, 2.45) is 5.92 Å². The molecule has 17 nitrogen and oxygen atoms in total. The van der Waals surface area contributed by atoms with Crippen LogP contribution in [-0.4, -0.2) is 110 Å². The smallest absolute Gasteiger partial charge is 0.328 e. The molecule has 0 spiro atoms. The van der Waals surface area contributed by atoms with Gasteiger partial charge in [-0.3, -0.25) is 29.7 Å². The van der Waals surface area contributed by atoms with Crippen LogP contribution in [0, 0.1) is 12.8 Å². The van der Waals surface area contributed by atoms with Crippen LogP contribution in [0.4, 0.5) is 21.9 Å². The van der Waals surface area contributed by atoms with Gasteiger partial charge in [-0.05, 0) is 86.2 Å². The molecule has 1 atom stereocenters. The molecule has 17 heteroatoms. The number of carbonyl (C=O) groups excluding carboxylic acids is 3. The van der Waals surface area contributed by atoms with Gasteiger partial charge >= 0.3 is 17.8 Å². The number of hydrogen-bond acceptors (Lipinski definition) is 13. The van der Waals surface area contributed by atoms with Gasteiger partial charge in [0.25, 0.3) is 0 Å². The van der Waals surface area contributed by atoms with E-state index in [1.165, 1.54) is 12.0 Å². The highest BCUT2D eigenvalue weighted by molar-refractivity contribution is 6.05. The molecule has 6 aromatic rings. The quantitative estimate of drug-likeness (QED) is 0.144. The number of imidazole rings is 1. The van der Waals surface area contributed by atoms with Gasteiger partial charge < -0.3 is 24.6 Å². The van der Waals surface area contributed by atoms with Crippen molar-refractivity contribution in [2.75, 3.05) is 67.1 Å². The highest BCUT2D eigenvalue weighted by Gasteiger charge is 2.28. The van der Waals surface area contributed by atoms with E-state index < -0.39 is 5.91 Å². The number of amides is 4. The average Bonchev–Trinajstić information content (AvgIpc) is 3.97. The van der Waals surface area contributed by atoms with E-state index >= 15 is 0 Å². The Hall–Kier alpha value is -6.75. The number of H-pyrrole nitrogens is 1. The summed E-state index contributed by atoms with van der Waals surface area (Å²) in [6, 6.07) is 17.6. The molecule has 63 heavy (non-hydrogen) atoms. The number of carbonyl (C=O) groups is 3. The standard InChI is InChI=1S/C46H53N13O4/c1-28-24-31(6-12-35(28)29(2)50-42(61)43-54-44(55-63-43)46(3,4)5)38-39-41(49-27-48-38)53-40(52-39)36-13-11-34(25-47-36)58-22-20-56(21-23-58)26-30-14-17-57(18-15-30)32-7-9-33(10-8-32)59-19-16-37(60)51-45(59)62/h6-13,24-25,27,29-30H,14-23,26H2,1-5H3,(H,50,61)(H,51,60,62)(H,48,49,52,53)/t29-/m1/s1. The number of piperidine rings is 1. The van der Waals surface area contributed by atoms with E-state index in [1.807, 2.05) is 77.2 Å². The van der Waals surface area contributed by atoms with Gasteiger partial charge in [-0.1, -0.05) is 38.1 Å². The first-order valence-corrected chi connectivity index (χ1v) is 21.7. The van der Waals surface area contributed by atoms with Crippen molar-refractivity contribution in [3.05, 3.63) is 90.0 Å². The zero-order valence-corrected chi connectivity index (χ0v) is 36.4. The molecule has 2 aromatic carbocycles. The number of imide groups is 1. The van der Waals surface area contributed by atoms with Crippen molar-refractivity contribution < 1.29 is 18.9 Å². The Kier molecular flexibility index (Phi) is 11.4. The normalized spacial score (nSPS) is 17.3.